The van der Waals surface area contributed by atoms with Crippen LogP contribution in [0.15, 0.2) is 59.3 Å². The lowest BCUT2D eigenvalue weighted by molar-refractivity contribution is -0.124. The van der Waals surface area contributed by atoms with Crippen molar-refractivity contribution in [1.29, 1.82) is 0 Å². The van der Waals surface area contributed by atoms with Gasteiger partial charge in [-0.05, 0) is 49.2 Å². The number of fused-ring (bicyclic) bond motifs is 1. The molecule has 204 valence electrons. The van der Waals surface area contributed by atoms with Crippen molar-refractivity contribution in [2.75, 3.05) is 32.3 Å². The zero-order valence-corrected chi connectivity index (χ0v) is 22.1. The number of furan rings is 1. The minimum absolute atomic E-state index is 0.0659. The number of pyridine rings is 1. The van der Waals surface area contributed by atoms with E-state index in [-0.39, 0.29) is 36.4 Å². The van der Waals surface area contributed by atoms with E-state index in [1.807, 2.05) is 42.5 Å². The highest BCUT2D eigenvalue weighted by molar-refractivity contribution is 6.02. The predicted octanol–water partition coefficient (Wildman–Crippen LogP) is 4.95. The van der Waals surface area contributed by atoms with Crippen LogP contribution in [-0.4, -0.2) is 65.2 Å². The number of nitrogens with zero attached hydrogens (tertiary/aromatic N) is 4. The van der Waals surface area contributed by atoms with E-state index in [0.717, 1.165) is 43.2 Å². The smallest absolute Gasteiger partial charge is 0.341 e. The number of amides is 1. The SMILES string of the molecule is COCC(COC)N(C(=O)C1CCCCC1)c1nn(-c2ccc(-c3cc4ncccc4o3)cc2)cc1C(=O)O. The molecule has 1 fully saturated rings. The molecule has 0 bridgehead atoms. The van der Waals surface area contributed by atoms with Crippen molar-refractivity contribution in [2.24, 2.45) is 5.92 Å². The van der Waals surface area contributed by atoms with Crippen LogP contribution in [0.3, 0.4) is 0 Å². The van der Waals surface area contributed by atoms with E-state index in [1.54, 1.807) is 20.4 Å². The van der Waals surface area contributed by atoms with Crippen LogP contribution < -0.4 is 4.90 Å². The van der Waals surface area contributed by atoms with Crippen LogP contribution in [0, 0.1) is 5.92 Å². The van der Waals surface area contributed by atoms with E-state index in [9.17, 15) is 14.7 Å². The van der Waals surface area contributed by atoms with Crippen LogP contribution in [0.2, 0.25) is 0 Å². The minimum Gasteiger partial charge on any atom is -0.477 e. The maximum atomic E-state index is 13.8. The zero-order valence-electron chi connectivity index (χ0n) is 22.1. The van der Waals surface area contributed by atoms with Crippen LogP contribution >= 0.6 is 0 Å². The molecule has 39 heavy (non-hydrogen) atoms. The summed E-state index contributed by atoms with van der Waals surface area (Å²) >= 11 is 0. The zero-order chi connectivity index (χ0) is 27.4. The number of methoxy groups -OCH3 is 2. The van der Waals surface area contributed by atoms with Crippen molar-refractivity contribution in [2.45, 2.75) is 38.1 Å². The topological polar surface area (TPSA) is 120 Å². The van der Waals surface area contributed by atoms with Crippen LogP contribution in [0.1, 0.15) is 42.5 Å². The number of rotatable bonds is 10. The van der Waals surface area contributed by atoms with E-state index in [0.29, 0.717) is 17.0 Å². The molecular weight excluding hydrogens is 500 g/mol. The van der Waals surface area contributed by atoms with E-state index < -0.39 is 12.0 Å². The summed E-state index contributed by atoms with van der Waals surface area (Å²) in [7, 11) is 3.09. The lowest BCUT2D eigenvalue weighted by Gasteiger charge is -2.33. The van der Waals surface area contributed by atoms with Gasteiger partial charge in [-0.1, -0.05) is 19.3 Å². The number of ether oxygens (including phenoxy) is 2. The molecule has 0 aliphatic heterocycles. The Morgan fingerprint density at radius 3 is 2.46 bits per heavy atom. The van der Waals surface area contributed by atoms with Gasteiger partial charge >= 0.3 is 5.97 Å². The second kappa shape index (κ2) is 11.8. The number of aromatic carboxylic acids is 1. The highest BCUT2D eigenvalue weighted by Gasteiger charge is 2.36. The van der Waals surface area contributed by atoms with Crippen LogP contribution in [0.4, 0.5) is 5.82 Å². The Kier molecular flexibility index (Phi) is 8.04. The first-order valence-electron chi connectivity index (χ1n) is 13.1. The number of carbonyl (C=O) groups excluding carboxylic acids is 1. The summed E-state index contributed by atoms with van der Waals surface area (Å²) in [5, 5.41) is 14.7. The first-order chi connectivity index (χ1) is 19.0. The fourth-order valence-electron chi connectivity index (χ4n) is 5.20. The van der Waals surface area contributed by atoms with Crippen molar-refractivity contribution < 1.29 is 28.6 Å². The molecule has 0 atom stereocenters. The fraction of sp³-hybridized carbons (Fsp3) is 0.379. The molecule has 0 spiro atoms. The van der Waals surface area contributed by atoms with E-state index in [4.69, 9.17) is 13.9 Å². The summed E-state index contributed by atoms with van der Waals surface area (Å²) in [6.07, 6.45) is 7.73. The molecule has 0 saturated heterocycles. The second-order valence-corrected chi connectivity index (χ2v) is 9.77. The molecule has 4 aromatic rings. The van der Waals surface area contributed by atoms with Gasteiger partial charge in [0.05, 0.1) is 24.9 Å². The largest absolute Gasteiger partial charge is 0.477 e. The van der Waals surface area contributed by atoms with Gasteiger partial charge in [0.25, 0.3) is 0 Å². The third-order valence-corrected chi connectivity index (χ3v) is 7.13. The van der Waals surface area contributed by atoms with Gasteiger partial charge in [0, 0.05) is 44.2 Å². The van der Waals surface area contributed by atoms with Crippen LogP contribution in [0.25, 0.3) is 28.1 Å². The van der Waals surface area contributed by atoms with E-state index in [2.05, 4.69) is 10.1 Å². The Hall–Kier alpha value is -4.02. The maximum Gasteiger partial charge on any atom is 0.341 e. The van der Waals surface area contributed by atoms with Crippen molar-refractivity contribution in [3.63, 3.8) is 0 Å². The summed E-state index contributed by atoms with van der Waals surface area (Å²) in [6.45, 7) is 0.360. The number of aromatic nitrogens is 3. The molecular formula is C29H32N4O6. The molecule has 0 radical (unpaired) electrons. The Balaban J connectivity index is 1.51. The predicted molar refractivity (Wildman–Crippen MR) is 145 cm³/mol. The first kappa shape index (κ1) is 26.6. The van der Waals surface area contributed by atoms with Gasteiger partial charge in [0.1, 0.15) is 16.8 Å². The lowest BCUT2D eigenvalue weighted by Crippen LogP contribution is -2.49. The van der Waals surface area contributed by atoms with E-state index in [1.165, 1.54) is 15.8 Å². The molecule has 1 aliphatic carbocycles. The molecule has 1 N–H and O–H groups in total. The van der Waals surface area contributed by atoms with Crippen LogP contribution in [-0.2, 0) is 14.3 Å². The van der Waals surface area contributed by atoms with Crippen molar-refractivity contribution in [3.8, 4) is 17.0 Å². The molecule has 0 unspecified atom stereocenters. The number of carbonyl (C=O) groups is 2. The number of hydrogen-bond donors (Lipinski definition) is 1. The summed E-state index contributed by atoms with van der Waals surface area (Å²) in [4.78, 5) is 32.0. The minimum atomic E-state index is -1.17. The molecule has 1 aromatic carbocycles. The van der Waals surface area contributed by atoms with Crippen molar-refractivity contribution >= 4 is 28.8 Å². The molecule has 10 nitrogen and oxygen atoms in total. The highest BCUT2D eigenvalue weighted by Crippen LogP contribution is 2.32. The Morgan fingerprint density at radius 1 is 1.10 bits per heavy atom. The second-order valence-electron chi connectivity index (χ2n) is 9.77. The van der Waals surface area contributed by atoms with Gasteiger partial charge in [-0.3, -0.25) is 14.7 Å². The summed E-state index contributed by atoms with van der Waals surface area (Å²) in [5.74, 6) is -0.745. The van der Waals surface area contributed by atoms with Gasteiger partial charge in [0.15, 0.2) is 11.4 Å². The van der Waals surface area contributed by atoms with Gasteiger partial charge in [-0.25, -0.2) is 9.48 Å². The molecule has 10 heteroatoms. The van der Waals surface area contributed by atoms with Crippen LogP contribution in [0.5, 0.6) is 0 Å². The molecule has 3 aromatic heterocycles. The average molecular weight is 533 g/mol. The van der Waals surface area contributed by atoms with E-state index >= 15 is 0 Å². The molecule has 5 rings (SSSR count). The number of benzene rings is 1. The van der Waals surface area contributed by atoms with Gasteiger partial charge in [-0.2, -0.15) is 0 Å². The first-order valence-corrected chi connectivity index (χ1v) is 13.1. The maximum absolute atomic E-state index is 13.8. The lowest BCUT2D eigenvalue weighted by atomic mass is 9.88. The average Bonchev–Trinajstić information content (AvgIpc) is 3.59. The Morgan fingerprint density at radius 2 is 1.82 bits per heavy atom. The third-order valence-electron chi connectivity index (χ3n) is 7.13. The van der Waals surface area contributed by atoms with Crippen molar-refractivity contribution in [3.05, 3.63) is 60.4 Å². The normalized spacial score (nSPS) is 14.2. The molecule has 1 aliphatic rings. The summed E-state index contributed by atoms with van der Waals surface area (Å²) in [6, 6.07) is 12.4. The summed E-state index contributed by atoms with van der Waals surface area (Å²) < 4.78 is 18.2. The number of carboxylic acid groups (broad SMARTS) is 1. The fourth-order valence-corrected chi connectivity index (χ4v) is 5.20. The molecule has 1 amide bonds. The highest BCUT2D eigenvalue weighted by atomic mass is 16.5. The molecule has 1 saturated carbocycles. The number of anilines is 1. The Bertz CT molecular complexity index is 1400. The Labute approximate surface area is 226 Å². The van der Waals surface area contributed by atoms with Gasteiger partial charge < -0.3 is 19.0 Å². The quantitative estimate of drug-likeness (QED) is 0.305. The third kappa shape index (κ3) is 5.57. The number of hydrogen-bond acceptors (Lipinski definition) is 7. The van der Waals surface area contributed by atoms with Crippen molar-refractivity contribution in [1.82, 2.24) is 14.8 Å². The monoisotopic (exact) mass is 532 g/mol. The van der Waals surface area contributed by atoms with Gasteiger partial charge in [0.2, 0.25) is 5.91 Å². The molecule has 3 heterocycles. The summed E-state index contributed by atoms with van der Waals surface area (Å²) in [5.41, 5.74) is 2.88. The standard InChI is InChI=1S/C29H32N4O6/c1-37-17-22(18-38-2)33(28(34)20-7-4-3-5-8-20)27-23(29(35)36)16-32(31-27)21-12-10-19(11-13-21)26-15-24-25(39-26)9-6-14-30-24/h6,9-16,20,22H,3-5,7-8,17-18H2,1-2H3,(H,35,36). The number of carboxylic acids is 1. The van der Waals surface area contributed by atoms with Gasteiger partial charge in [-0.15, -0.1) is 5.10 Å².